The summed E-state index contributed by atoms with van der Waals surface area (Å²) < 4.78 is 14.4. The van der Waals surface area contributed by atoms with E-state index in [4.69, 9.17) is 0 Å². The lowest BCUT2D eigenvalue weighted by Crippen LogP contribution is -2.17. The number of benzene rings is 1. The van der Waals surface area contributed by atoms with E-state index in [1.54, 1.807) is 12.1 Å². The van der Waals surface area contributed by atoms with Crippen LogP contribution in [-0.4, -0.2) is 38.7 Å². The average molecular weight is 330 g/mol. The van der Waals surface area contributed by atoms with Crippen LogP contribution in [0.15, 0.2) is 29.1 Å². The third-order valence-electron chi connectivity index (χ3n) is 3.93. The van der Waals surface area contributed by atoms with Gasteiger partial charge in [-0.15, -0.1) is 0 Å². The lowest BCUT2D eigenvalue weighted by atomic mass is 10.1. The first-order chi connectivity index (χ1) is 11.4. The van der Waals surface area contributed by atoms with E-state index in [1.165, 1.54) is 16.6 Å². The molecule has 0 aliphatic heterocycles. The van der Waals surface area contributed by atoms with Gasteiger partial charge in [0, 0.05) is 18.5 Å². The Morgan fingerprint density at radius 3 is 2.54 bits per heavy atom. The van der Waals surface area contributed by atoms with Crippen LogP contribution >= 0.6 is 0 Å². The highest BCUT2D eigenvalue weighted by Crippen LogP contribution is 2.22. The van der Waals surface area contributed by atoms with E-state index in [2.05, 4.69) is 10.1 Å². The SMILES string of the molecule is Cc1nn2c(O)c(Cc3ccc(F)cc3)c(=O)[nH]c2c1CN(C)C. The first kappa shape index (κ1) is 16.2. The minimum atomic E-state index is -0.371. The first-order valence-corrected chi connectivity index (χ1v) is 7.58. The quantitative estimate of drug-likeness (QED) is 0.765. The molecule has 0 aliphatic rings. The lowest BCUT2D eigenvalue weighted by molar-refractivity contribution is 0.402. The van der Waals surface area contributed by atoms with Crippen molar-refractivity contribution in [3.05, 3.63) is 62.8 Å². The minimum absolute atomic E-state index is 0.189. The second kappa shape index (κ2) is 6.09. The Morgan fingerprint density at radius 1 is 1.25 bits per heavy atom. The summed E-state index contributed by atoms with van der Waals surface area (Å²) in [6.07, 6.45) is 0.194. The smallest absolute Gasteiger partial charge is 0.258 e. The molecular formula is C17H19FN4O2. The summed E-state index contributed by atoms with van der Waals surface area (Å²) in [6.45, 7) is 2.44. The second-order valence-electron chi connectivity index (χ2n) is 6.12. The zero-order valence-electron chi connectivity index (χ0n) is 13.8. The van der Waals surface area contributed by atoms with E-state index in [0.717, 1.165) is 16.8 Å². The molecule has 0 unspecified atom stereocenters. The monoisotopic (exact) mass is 330 g/mol. The van der Waals surface area contributed by atoms with Crippen molar-refractivity contribution < 1.29 is 9.50 Å². The molecule has 2 aromatic heterocycles. The molecule has 0 amide bonds. The largest absolute Gasteiger partial charge is 0.493 e. The van der Waals surface area contributed by atoms with Crippen LogP contribution in [-0.2, 0) is 13.0 Å². The summed E-state index contributed by atoms with van der Waals surface area (Å²) in [5, 5.41) is 14.8. The zero-order valence-corrected chi connectivity index (χ0v) is 13.8. The van der Waals surface area contributed by atoms with Crippen LogP contribution < -0.4 is 5.56 Å². The van der Waals surface area contributed by atoms with Gasteiger partial charge in [0.15, 0.2) is 0 Å². The maximum absolute atomic E-state index is 13.0. The topological polar surface area (TPSA) is 73.6 Å². The van der Waals surface area contributed by atoms with Crippen molar-refractivity contribution in [1.82, 2.24) is 19.5 Å². The predicted molar refractivity (Wildman–Crippen MR) is 88.8 cm³/mol. The molecule has 2 heterocycles. The Hall–Kier alpha value is -2.67. The van der Waals surface area contributed by atoms with Gasteiger partial charge in [-0.3, -0.25) is 4.79 Å². The molecule has 0 bridgehead atoms. The van der Waals surface area contributed by atoms with E-state index < -0.39 is 0 Å². The Morgan fingerprint density at radius 2 is 1.92 bits per heavy atom. The molecular weight excluding hydrogens is 311 g/mol. The third kappa shape index (κ3) is 2.90. The molecule has 3 aromatic rings. The van der Waals surface area contributed by atoms with Crippen molar-refractivity contribution >= 4 is 5.65 Å². The Labute approximate surface area is 138 Å². The van der Waals surface area contributed by atoms with E-state index in [9.17, 15) is 14.3 Å². The highest BCUT2D eigenvalue weighted by atomic mass is 19.1. The fourth-order valence-electron chi connectivity index (χ4n) is 2.72. The summed E-state index contributed by atoms with van der Waals surface area (Å²) in [5.74, 6) is -0.533. The van der Waals surface area contributed by atoms with Crippen molar-refractivity contribution in [2.75, 3.05) is 14.1 Å². The van der Waals surface area contributed by atoms with Gasteiger partial charge in [-0.25, -0.2) is 4.39 Å². The maximum Gasteiger partial charge on any atom is 0.258 e. The molecule has 0 atom stereocenters. The van der Waals surface area contributed by atoms with Gasteiger partial charge in [0.2, 0.25) is 5.88 Å². The van der Waals surface area contributed by atoms with Gasteiger partial charge < -0.3 is 15.0 Å². The molecule has 126 valence electrons. The molecule has 2 N–H and O–H groups in total. The molecule has 3 rings (SSSR count). The molecule has 0 saturated carbocycles. The number of nitrogens with one attached hydrogen (secondary N) is 1. The van der Waals surface area contributed by atoms with Crippen molar-refractivity contribution in [2.45, 2.75) is 19.9 Å². The Balaban J connectivity index is 2.10. The van der Waals surface area contributed by atoms with Gasteiger partial charge in [0.25, 0.3) is 5.56 Å². The van der Waals surface area contributed by atoms with Gasteiger partial charge in [0.05, 0.1) is 11.3 Å². The lowest BCUT2D eigenvalue weighted by Gasteiger charge is -2.10. The van der Waals surface area contributed by atoms with Crippen molar-refractivity contribution in [2.24, 2.45) is 0 Å². The molecule has 0 fully saturated rings. The number of aromatic nitrogens is 3. The van der Waals surface area contributed by atoms with Crippen LogP contribution in [0.25, 0.3) is 5.65 Å². The van der Waals surface area contributed by atoms with Crippen LogP contribution in [0.1, 0.15) is 22.4 Å². The van der Waals surface area contributed by atoms with Gasteiger partial charge in [0.1, 0.15) is 11.5 Å². The molecule has 0 radical (unpaired) electrons. The van der Waals surface area contributed by atoms with Crippen LogP contribution in [0, 0.1) is 12.7 Å². The number of fused-ring (bicyclic) bond motifs is 1. The van der Waals surface area contributed by atoms with Gasteiger partial charge in [-0.1, -0.05) is 12.1 Å². The van der Waals surface area contributed by atoms with Crippen LogP contribution in [0.2, 0.25) is 0 Å². The number of hydrogen-bond acceptors (Lipinski definition) is 4. The van der Waals surface area contributed by atoms with Crippen LogP contribution in [0.3, 0.4) is 0 Å². The van der Waals surface area contributed by atoms with E-state index in [0.29, 0.717) is 12.2 Å². The third-order valence-corrected chi connectivity index (χ3v) is 3.93. The highest BCUT2D eigenvalue weighted by Gasteiger charge is 2.18. The Kier molecular flexibility index (Phi) is 4.11. The highest BCUT2D eigenvalue weighted by molar-refractivity contribution is 5.53. The van der Waals surface area contributed by atoms with E-state index in [-0.39, 0.29) is 29.2 Å². The normalized spacial score (nSPS) is 11.5. The summed E-state index contributed by atoms with van der Waals surface area (Å²) >= 11 is 0. The number of nitrogens with zero attached hydrogens (tertiary/aromatic N) is 3. The molecule has 6 nitrogen and oxygen atoms in total. The molecule has 0 saturated heterocycles. The second-order valence-corrected chi connectivity index (χ2v) is 6.12. The molecule has 0 spiro atoms. The van der Waals surface area contributed by atoms with Gasteiger partial charge >= 0.3 is 0 Å². The molecule has 1 aromatic carbocycles. The summed E-state index contributed by atoms with van der Waals surface area (Å²) in [7, 11) is 3.84. The molecule has 0 aliphatic carbocycles. The summed E-state index contributed by atoms with van der Waals surface area (Å²) in [5.41, 5.74) is 2.66. The fraction of sp³-hybridized carbons (Fsp3) is 0.294. The van der Waals surface area contributed by atoms with Gasteiger partial charge in [-0.05, 0) is 38.7 Å². The number of halogens is 1. The first-order valence-electron chi connectivity index (χ1n) is 7.58. The number of aromatic hydroxyl groups is 1. The number of aryl methyl sites for hydroxylation is 1. The van der Waals surface area contributed by atoms with E-state index >= 15 is 0 Å². The standard InChI is InChI=1S/C17H19FN4O2/c1-10-14(9-21(2)3)15-19-16(23)13(17(24)22(15)20-10)8-11-4-6-12(18)7-5-11/h4-7,24H,8-9H2,1-3H3,(H,19,23). The van der Waals surface area contributed by atoms with Gasteiger partial charge in [-0.2, -0.15) is 9.61 Å². The molecule has 24 heavy (non-hydrogen) atoms. The average Bonchev–Trinajstić information content (AvgIpc) is 2.82. The number of H-pyrrole nitrogens is 1. The van der Waals surface area contributed by atoms with Crippen molar-refractivity contribution in [1.29, 1.82) is 0 Å². The number of hydrogen-bond donors (Lipinski definition) is 2. The summed E-state index contributed by atoms with van der Waals surface area (Å²) in [6, 6.07) is 5.83. The van der Waals surface area contributed by atoms with E-state index in [1.807, 2.05) is 25.9 Å². The van der Waals surface area contributed by atoms with Crippen LogP contribution in [0.5, 0.6) is 5.88 Å². The number of aromatic amines is 1. The van der Waals surface area contributed by atoms with Crippen LogP contribution in [0.4, 0.5) is 4.39 Å². The predicted octanol–water partition coefficient (Wildman–Crippen LogP) is 1.83. The Bertz CT molecular complexity index is 942. The maximum atomic E-state index is 13.0. The van der Waals surface area contributed by atoms with Crippen molar-refractivity contribution in [3.8, 4) is 5.88 Å². The summed E-state index contributed by atoms with van der Waals surface area (Å²) in [4.78, 5) is 17.2. The van der Waals surface area contributed by atoms with Crippen molar-refractivity contribution in [3.63, 3.8) is 0 Å². The minimum Gasteiger partial charge on any atom is -0.493 e. The zero-order chi connectivity index (χ0) is 17.4. The number of rotatable bonds is 4. The fourth-order valence-corrected chi connectivity index (χ4v) is 2.72. The molecule has 7 heteroatoms.